The van der Waals surface area contributed by atoms with Crippen LogP contribution in [-0.4, -0.2) is 67.1 Å². The van der Waals surface area contributed by atoms with Crippen LogP contribution in [0.1, 0.15) is 0 Å². The number of anilines is 2. The molecule has 31 heavy (non-hydrogen) atoms. The Morgan fingerprint density at radius 3 is 2.58 bits per heavy atom. The van der Waals surface area contributed by atoms with Crippen molar-refractivity contribution in [2.45, 2.75) is 5.22 Å². The van der Waals surface area contributed by atoms with Crippen molar-refractivity contribution >= 4 is 29.0 Å². The Bertz CT molecular complexity index is 1020. The number of carbonyl (C=O) groups is 1. The molecule has 0 aliphatic carbocycles. The van der Waals surface area contributed by atoms with Crippen LogP contribution in [0.5, 0.6) is 5.75 Å². The topological polar surface area (TPSA) is 83.7 Å². The third-order valence-corrected chi connectivity index (χ3v) is 5.91. The lowest BCUT2D eigenvalue weighted by atomic mass is 10.2. The van der Waals surface area contributed by atoms with E-state index in [1.807, 2.05) is 48.5 Å². The molecule has 2 aromatic carbocycles. The standard InChI is InChI=1S/C22H25N5O3S/c1-26-11-13-27(14-12-26)17-9-7-16(8-10-17)23-20(28)15-31-22-25-24-21(30-22)18-5-3-4-6-19(18)29-2/h3-10H,11-15H2,1-2H3,(H,23,28). The Kier molecular flexibility index (Phi) is 6.73. The van der Waals surface area contributed by atoms with Gasteiger partial charge in [-0.25, -0.2) is 0 Å². The summed E-state index contributed by atoms with van der Waals surface area (Å²) >= 11 is 1.20. The highest BCUT2D eigenvalue weighted by atomic mass is 32.2. The van der Waals surface area contributed by atoms with E-state index in [-0.39, 0.29) is 11.7 Å². The Hall–Kier alpha value is -3.04. The molecule has 0 bridgehead atoms. The zero-order chi connectivity index (χ0) is 21.6. The number of ether oxygens (including phenoxy) is 1. The monoisotopic (exact) mass is 439 g/mol. The summed E-state index contributed by atoms with van der Waals surface area (Å²) in [5.41, 5.74) is 2.66. The van der Waals surface area contributed by atoms with Gasteiger partial charge in [0.2, 0.25) is 5.91 Å². The summed E-state index contributed by atoms with van der Waals surface area (Å²) in [6, 6.07) is 15.4. The maximum absolute atomic E-state index is 12.3. The lowest BCUT2D eigenvalue weighted by Crippen LogP contribution is -2.44. The first-order valence-electron chi connectivity index (χ1n) is 10.1. The first kappa shape index (κ1) is 21.2. The van der Waals surface area contributed by atoms with E-state index in [0.717, 1.165) is 31.9 Å². The molecule has 0 saturated carbocycles. The van der Waals surface area contributed by atoms with Gasteiger partial charge in [-0.05, 0) is 43.4 Å². The zero-order valence-electron chi connectivity index (χ0n) is 17.6. The van der Waals surface area contributed by atoms with E-state index in [1.165, 1.54) is 17.4 Å². The molecule has 0 unspecified atom stereocenters. The number of carbonyl (C=O) groups excluding carboxylic acids is 1. The third kappa shape index (κ3) is 5.36. The minimum atomic E-state index is -0.130. The molecule has 4 rings (SSSR count). The number of likely N-dealkylation sites (N-methyl/N-ethyl adjacent to an activating group) is 1. The van der Waals surface area contributed by atoms with Crippen LogP contribution in [0.25, 0.3) is 11.5 Å². The van der Waals surface area contributed by atoms with Gasteiger partial charge in [0.05, 0.1) is 18.4 Å². The fourth-order valence-electron chi connectivity index (χ4n) is 3.34. The lowest BCUT2D eigenvalue weighted by molar-refractivity contribution is -0.113. The molecule has 1 N–H and O–H groups in total. The molecular weight excluding hydrogens is 414 g/mol. The van der Waals surface area contributed by atoms with Gasteiger partial charge in [-0.2, -0.15) is 0 Å². The third-order valence-electron chi connectivity index (χ3n) is 5.09. The van der Waals surface area contributed by atoms with Crippen molar-refractivity contribution in [3.05, 3.63) is 48.5 Å². The Labute approximate surface area is 185 Å². The predicted molar refractivity (Wildman–Crippen MR) is 122 cm³/mol. The average Bonchev–Trinajstić information content (AvgIpc) is 3.28. The van der Waals surface area contributed by atoms with E-state index >= 15 is 0 Å². The number of benzene rings is 2. The molecule has 162 valence electrons. The predicted octanol–water partition coefficient (Wildman–Crippen LogP) is 3.23. The summed E-state index contributed by atoms with van der Waals surface area (Å²) in [5, 5.41) is 11.3. The number of hydrogen-bond acceptors (Lipinski definition) is 8. The van der Waals surface area contributed by atoms with Crippen molar-refractivity contribution in [2.75, 3.05) is 56.3 Å². The van der Waals surface area contributed by atoms with Crippen molar-refractivity contribution < 1.29 is 13.9 Å². The highest BCUT2D eigenvalue weighted by Gasteiger charge is 2.16. The second kappa shape index (κ2) is 9.84. The van der Waals surface area contributed by atoms with E-state index in [1.54, 1.807) is 7.11 Å². The minimum absolute atomic E-state index is 0.130. The Balaban J connectivity index is 1.29. The minimum Gasteiger partial charge on any atom is -0.496 e. The molecule has 1 saturated heterocycles. The number of piperazine rings is 1. The number of nitrogens with one attached hydrogen (secondary N) is 1. The Morgan fingerprint density at radius 2 is 1.84 bits per heavy atom. The van der Waals surface area contributed by atoms with E-state index in [9.17, 15) is 4.79 Å². The van der Waals surface area contributed by atoms with Gasteiger partial charge in [0.25, 0.3) is 11.1 Å². The molecule has 0 spiro atoms. The highest BCUT2D eigenvalue weighted by Crippen LogP contribution is 2.30. The SMILES string of the molecule is COc1ccccc1-c1nnc(SCC(=O)Nc2ccc(N3CCN(C)CC3)cc2)o1. The molecule has 9 heteroatoms. The largest absolute Gasteiger partial charge is 0.496 e. The zero-order valence-corrected chi connectivity index (χ0v) is 18.4. The number of para-hydroxylation sites is 1. The summed E-state index contributed by atoms with van der Waals surface area (Å²) < 4.78 is 11.0. The van der Waals surface area contributed by atoms with Crippen molar-refractivity contribution in [2.24, 2.45) is 0 Å². The fourth-order valence-corrected chi connectivity index (χ4v) is 3.91. The smallest absolute Gasteiger partial charge is 0.277 e. The quantitative estimate of drug-likeness (QED) is 0.562. The van der Waals surface area contributed by atoms with Crippen LogP contribution in [0.4, 0.5) is 11.4 Å². The molecule has 1 fully saturated rings. The van der Waals surface area contributed by atoms with Gasteiger partial charge in [0.1, 0.15) is 5.75 Å². The van der Waals surface area contributed by atoms with Crippen LogP contribution in [0.15, 0.2) is 58.2 Å². The number of nitrogens with zero attached hydrogens (tertiary/aromatic N) is 4. The molecule has 1 aromatic heterocycles. The van der Waals surface area contributed by atoms with Crippen LogP contribution >= 0.6 is 11.8 Å². The van der Waals surface area contributed by atoms with Gasteiger partial charge in [0.15, 0.2) is 0 Å². The maximum Gasteiger partial charge on any atom is 0.277 e. The van der Waals surface area contributed by atoms with Gasteiger partial charge in [-0.1, -0.05) is 23.9 Å². The second-order valence-corrected chi connectivity index (χ2v) is 8.17. The van der Waals surface area contributed by atoms with Crippen molar-refractivity contribution in [1.29, 1.82) is 0 Å². The van der Waals surface area contributed by atoms with E-state index < -0.39 is 0 Å². The Morgan fingerprint density at radius 1 is 1.10 bits per heavy atom. The summed E-state index contributed by atoms with van der Waals surface area (Å²) in [6.45, 7) is 4.15. The molecule has 1 amide bonds. The molecule has 1 aliphatic rings. The number of methoxy groups -OCH3 is 1. The summed E-state index contributed by atoms with van der Waals surface area (Å²) in [4.78, 5) is 17.0. The molecule has 1 aliphatic heterocycles. The molecular formula is C22H25N5O3S. The molecule has 8 nitrogen and oxygen atoms in total. The van der Waals surface area contributed by atoms with Crippen molar-refractivity contribution in [3.8, 4) is 17.2 Å². The van der Waals surface area contributed by atoms with E-state index in [2.05, 4.69) is 32.4 Å². The van der Waals surface area contributed by atoms with E-state index in [4.69, 9.17) is 9.15 Å². The van der Waals surface area contributed by atoms with Crippen molar-refractivity contribution in [3.63, 3.8) is 0 Å². The summed E-state index contributed by atoms with van der Waals surface area (Å²) in [5.74, 6) is 1.06. The number of thioether (sulfide) groups is 1. The van der Waals surface area contributed by atoms with Gasteiger partial charge in [-0.3, -0.25) is 4.79 Å². The second-order valence-electron chi connectivity index (χ2n) is 7.25. The highest BCUT2D eigenvalue weighted by molar-refractivity contribution is 7.99. The number of rotatable bonds is 7. The first-order chi connectivity index (χ1) is 15.1. The molecule has 0 atom stereocenters. The maximum atomic E-state index is 12.3. The normalized spacial score (nSPS) is 14.5. The lowest BCUT2D eigenvalue weighted by Gasteiger charge is -2.34. The van der Waals surface area contributed by atoms with Gasteiger partial charge in [-0.15, -0.1) is 10.2 Å². The van der Waals surface area contributed by atoms with Gasteiger partial charge in [0, 0.05) is 37.6 Å². The summed E-state index contributed by atoms with van der Waals surface area (Å²) in [7, 11) is 3.73. The number of hydrogen-bond donors (Lipinski definition) is 1. The van der Waals surface area contributed by atoms with Crippen LogP contribution in [0.3, 0.4) is 0 Å². The average molecular weight is 440 g/mol. The number of aromatic nitrogens is 2. The van der Waals surface area contributed by atoms with Gasteiger partial charge >= 0.3 is 0 Å². The summed E-state index contributed by atoms with van der Waals surface area (Å²) in [6.07, 6.45) is 0. The number of amides is 1. The van der Waals surface area contributed by atoms with Crippen LogP contribution in [0, 0.1) is 0 Å². The molecule has 2 heterocycles. The first-order valence-corrected chi connectivity index (χ1v) is 11.0. The molecule has 0 radical (unpaired) electrons. The molecule has 3 aromatic rings. The fraction of sp³-hybridized carbons (Fsp3) is 0.318. The van der Waals surface area contributed by atoms with Crippen molar-refractivity contribution in [1.82, 2.24) is 15.1 Å². The van der Waals surface area contributed by atoms with Crippen LogP contribution in [0.2, 0.25) is 0 Å². The van der Waals surface area contributed by atoms with Crippen LogP contribution in [-0.2, 0) is 4.79 Å². The van der Waals surface area contributed by atoms with E-state index in [0.29, 0.717) is 22.4 Å². The van der Waals surface area contributed by atoms with Gasteiger partial charge < -0.3 is 24.3 Å². The van der Waals surface area contributed by atoms with Crippen LogP contribution < -0.4 is 15.0 Å².